The van der Waals surface area contributed by atoms with Crippen LogP contribution >= 0.6 is 0 Å². The first kappa shape index (κ1) is 19.1. The summed E-state index contributed by atoms with van der Waals surface area (Å²) >= 11 is 0. The maximum atomic E-state index is 12.7. The smallest absolute Gasteiger partial charge is 0.319 e. The number of rotatable bonds is 4. The van der Waals surface area contributed by atoms with Crippen LogP contribution in [0.5, 0.6) is 0 Å². The topological polar surface area (TPSA) is 79.4 Å². The number of nitrogens with one attached hydrogen (secondary N) is 2. The lowest BCUT2D eigenvalue weighted by Crippen LogP contribution is -2.37. The highest BCUT2D eigenvalue weighted by atomic mass is 16.5. The molecule has 7 nitrogen and oxygen atoms in total. The average Bonchev–Trinajstić information content (AvgIpc) is 2.74. The number of aryl methyl sites for hydroxylation is 2. The van der Waals surface area contributed by atoms with Crippen LogP contribution < -0.4 is 15.5 Å². The number of ether oxygens (including phenoxy) is 1. The number of anilines is 2. The quantitative estimate of drug-likeness (QED) is 0.713. The molecule has 4 rings (SSSR count). The zero-order valence-corrected chi connectivity index (χ0v) is 16.7. The summed E-state index contributed by atoms with van der Waals surface area (Å²) < 4.78 is 5.46. The van der Waals surface area contributed by atoms with Gasteiger partial charge in [-0.3, -0.25) is 9.97 Å². The highest BCUT2D eigenvalue weighted by molar-refractivity contribution is 5.94. The Morgan fingerprint density at radius 3 is 2.79 bits per heavy atom. The van der Waals surface area contributed by atoms with Crippen molar-refractivity contribution in [3.8, 4) is 0 Å². The number of hydrogen-bond acceptors (Lipinski definition) is 5. The minimum absolute atomic E-state index is 0.263. The van der Waals surface area contributed by atoms with Crippen molar-refractivity contribution in [2.24, 2.45) is 0 Å². The molecule has 2 amide bonds. The molecule has 1 fully saturated rings. The molecule has 2 aromatic heterocycles. The number of aromatic nitrogens is 2. The van der Waals surface area contributed by atoms with Crippen molar-refractivity contribution in [3.63, 3.8) is 0 Å². The van der Waals surface area contributed by atoms with Gasteiger partial charge >= 0.3 is 6.03 Å². The van der Waals surface area contributed by atoms with E-state index in [1.165, 1.54) is 0 Å². The predicted octanol–water partition coefficient (Wildman–Crippen LogP) is 3.40. The first-order valence-electron chi connectivity index (χ1n) is 9.80. The second-order valence-corrected chi connectivity index (χ2v) is 7.14. The SMILES string of the molecule is Cc1cc(N2CCOCC2)c(NC(=O)NCc2cccc3cccnc23)c(C)n1. The Morgan fingerprint density at radius 1 is 1.17 bits per heavy atom. The van der Waals surface area contributed by atoms with Gasteiger partial charge < -0.3 is 20.3 Å². The van der Waals surface area contributed by atoms with Gasteiger partial charge in [0.1, 0.15) is 0 Å². The van der Waals surface area contributed by atoms with Crippen LogP contribution in [0.1, 0.15) is 17.0 Å². The van der Waals surface area contributed by atoms with Crippen molar-refractivity contribution in [1.29, 1.82) is 0 Å². The largest absolute Gasteiger partial charge is 0.378 e. The molecule has 0 spiro atoms. The van der Waals surface area contributed by atoms with Gasteiger partial charge in [-0.05, 0) is 31.5 Å². The second kappa shape index (κ2) is 8.45. The van der Waals surface area contributed by atoms with Gasteiger partial charge in [-0.2, -0.15) is 0 Å². The Hall–Kier alpha value is -3.19. The fourth-order valence-corrected chi connectivity index (χ4v) is 3.66. The van der Waals surface area contributed by atoms with Crippen molar-refractivity contribution >= 4 is 28.3 Å². The summed E-state index contributed by atoms with van der Waals surface area (Å²) in [6, 6.07) is 11.6. The summed E-state index contributed by atoms with van der Waals surface area (Å²) in [7, 11) is 0. The molecule has 0 aliphatic carbocycles. The van der Waals surface area contributed by atoms with Crippen LogP contribution in [0.25, 0.3) is 10.9 Å². The Morgan fingerprint density at radius 2 is 1.97 bits per heavy atom. The number of para-hydroxylation sites is 1. The molecule has 2 N–H and O–H groups in total. The van der Waals surface area contributed by atoms with Crippen LogP contribution in [-0.4, -0.2) is 42.3 Å². The van der Waals surface area contributed by atoms with Gasteiger partial charge in [0.05, 0.1) is 35.8 Å². The molecule has 0 saturated carbocycles. The number of urea groups is 1. The highest BCUT2D eigenvalue weighted by Gasteiger charge is 2.19. The number of carbonyl (C=O) groups is 1. The van der Waals surface area contributed by atoms with E-state index >= 15 is 0 Å². The summed E-state index contributed by atoms with van der Waals surface area (Å²) in [4.78, 5) is 23.9. The van der Waals surface area contributed by atoms with E-state index in [9.17, 15) is 4.79 Å². The molecule has 0 radical (unpaired) electrons. The van der Waals surface area contributed by atoms with E-state index in [0.717, 1.165) is 52.3 Å². The van der Waals surface area contributed by atoms with Crippen molar-refractivity contribution in [2.45, 2.75) is 20.4 Å². The van der Waals surface area contributed by atoms with Gasteiger partial charge in [0, 0.05) is 36.9 Å². The molecule has 29 heavy (non-hydrogen) atoms. The molecular weight excluding hydrogens is 366 g/mol. The number of carbonyl (C=O) groups excluding carboxylic acids is 1. The maximum Gasteiger partial charge on any atom is 0.319 e. The zero-order chi connectivity index (χ0) is 20.2. The van der Waals surface area contributed by atoms with E-state index in [-0.39, 0.29) is 6.03 Å². The molecule has 0 atom stereocenters. The number of benzene rings is 1. The summed E-state index contributed by atoms with van der Waals surface area (Å²) in [6.45, 7) is 7.23. The predicted molar refractivity (Wildman–Crippen MR) is 114 cm³/mol. The van der Waals surface area contributed by atoms with Crippen LogP contribution in [0.4, 0.5) is 16.2 Å². The van der Waals surface area contributed by atoms with Crippen molar-refractivity contribution in [2.75, 3.05) is 36.5 Å². The van der Waals surface area contributed by atoms with Gasteiger partial charge in [-0.1, -0.05) is 24.3 Å². The average molecular weight is 391 g/mol. The summed E-state index contributed by atoms with van der Waals surface area (Å²) in [6.07, 6.45) is 1.77. The second-order valence-electron chi connectivity index (χ2n) is 7.14. The number of nitrogens with zero attached hydrogens (tertiary/aromatic N) is 3. The van der Waals surface area contributed by atoms with E-state index < -0.39 is 0 Å². The first-order valence-corrected chi connectivity index (χ1v) is 9.80. The van der Waals surface area contributed by atoms with E-state index in [1.807, 2.05) is 50.2 Å². The standard InChI is InChI=1S/C22H25N5O2/c1-15-13-19(27-9-11-29-12-10-27)20(16(2)25-15)26-22(28)24-14-18-6-3-5-17-7-4-8-23-21(17)18/h3-8,13H,9-12,14H2,1-2H3,(H2,24,26,28). The first-order chi connectivity index (χ1) is 14.1. The Kier molecular flexibility index (Phi) is 5.57. The molecule has 7 heteroatoms. The third-order valence-electron chi connectivity index (χ3n) is 5.05. The number of fused-ring (bicyclic) bond motifs is 1. The number of hydrogen-bond donors (Lipinski definition) is 2. The molecule has 1 aliphatic rings. The third kappa shape index (κ3) is 4.30. The normalized spacial score (nSPS) is 14.1. The van der Waals surface area contributed by atoms with Crippen molar-refractivity contribution in [3.05, 3.63) is 59.5 Å². The fraction of sp³-hybridized carbons (Fsp3) is 0.318. The minimum Gasteiger partial charge on any atom is -0.378 e. The molecular formula is C22H25N5O2. The number of amides is 2. The van der Waals surface area contributed by atoms with Crippen LogP contribution in [0.2, 0.25) is 0 Å². The summed E-state index contributed by atoms with van der Waals surface area (Å²) in [5.41, 5.74) is 5.33. The Bertz CT molecular complexity index is 1030. The minimum atomic E-state index is -0.263. The van der Waals surface area contributed by atoms with Crippen molar-refractivity contribution in [1.82, 2.24) is 15.3 Å². The molecule has 0 bridgehead atoms. The van der Waals surface area contributed by atoms with Crippen LogP contribution in [0, 0.1) is 13.8 Å². The molecule has 1 aromatic carbocycles. The molecule has 0 unspecified atom stereocenters. The van der Waals surface area contributed by atoms with Crippen LogP contribution in [-0.2, 0) is 11.3 Å². The van der Waals surface area contributed by atoms with Crippen LogP contribution in [0.3, 0.4) is 0 Å². The molecule has 1 aliphatic heterocycles. The van der Waals surface area contributed by atoms with E-state index in [2.05, 4.69) is 25.5 Å². The van der Waals surface area contributed by atoms with Gasteiger partial charge in [0.15, 0.2) is 0 Å². The lowest BCUT2D eigenvalue weighted by Gasteiger charge is -2.31. The lowest BCUT2D eigenvalue weighted by atomic mass is 10.1. The van der Waals surface area contributed by atoms with Gasteiger partial charge in [-0.15, -0.1) is 0 Å². The molecule has 3 aromatic rings. The van der Waals surface area contributed by atoms with Gasteiger partial charge in [0.2, 0.25) is 0 Å². The van der Waals surface area contributed by atoms with E-state index in [4.69, 9.17) is 4.74 Å². The zero-order valence-electron chi connectivity index (χ0n) is 16.7. The summed E-state index contributed by atoms with van der Waals surface area (Å²) in [5, 5.41) is 7.01. The Labute approximate surface area is 170 Å². The third-order valence-corrected chi connectivity index (χ3v) is 5.05. The van der Waals surface area contributed by atoms with Gasteiger partial charge in [0.25, 0.3) is 0 Å². The number of morpholine rings is 1. The molecule has 3 heterocycles. The maximum absolute atomic E-state index is 12.7. The van der Waals surface area contributed by atoms with Crippen molar-refractivity contribution < 1.29 is 9.53 Å². The van der Waals surface area contributed by atoms with E-state index in [1.54, 1.807) is 6.20 Å². The number of pyridine rings is 2. The molecule has 150 valence electrons. The summed E-state index contributed by atoms with van der Waals surface area (Å²) in [5.74, 6) is 0. The fourth-order valence-electron chi connectivity index (χ4n) is 3.66. The lowest BCUT2D eigenvalue weighted by molar-refractivity contribution is 0.123. The monoisotopic (exact) mass is 391 g/mol. The highest BCUT2D eigenvalue weighted by Crippen LogP contribution is 2.30. The van der Waals surface area contributed by atoms with Gasteiger partial charge in [-0.25, -0.2) is 4.79 Å². The Balaban J connectivity index is 1.51. The molecule has 1 saturated heterocycles. The van der Waals surface area contributed by atoms with E-state index in [0.29, 0.717) is 19.8 Å². The van der Waals surface area contributed by atoms with Crippen LogP contribution in [0.15, 0.2) is 42.6 Å².